The van der Waals surface area contributed by atoms with Gasteiger partial charge in [0.05, 0.1) is 14.1 Å². The van der Waals surface area contributed by atoms with Crippen molar-refractivity contribution in [1.82, 2.24) is 0 Å². The molecule has 2 unspecified atom stereocenters. The van der Waals surface area contributed by atoms with Crippen LogP contribution in [0.5, 0.6) is 0 Å². The molecule has 0 radical (unpaired) electrons. The Morgan fingerprint density at radius 1 is 1.36 bits per heavy atom. The first kappa shape index (κ1) is 6.21. The topological polar surface area (TPSA) is 9.23 Å². The second-order valence-corrected chi connectivity index (χ2v) is 4.51. The second kappa shape index (κ2) is 1.29. The molecule has 2 heteroatoms. The Morgan fingerprint density at radius 3 is 2.82 bits per heavy atom. The summed E-state index contributed by atoms with van der Waals surface area (Å²) < 4.78 is 6.69. The van der Waals surface area contributed by atoms with Crippen molar-refractivity contribution >= 4 is 0 Å². The van der Waals surface area contributed by atoms with E-state index in [-0.39, 0.29) is 0 Å². The zero-order valence-electron chi connectivity index (χ0n) is 7.13. The molecule has 0 bridgehead atoms. The molecule has 60 valence electrons. The summed E-state index contributed by atoms with van der Waals surface area (Å²) in [5.74, 6) is 0. The molecular formula is C9H14NO+. The zero-order chi connectivity index (χ0) is 7.74. The molecule has 3 aliphatic rings. The first-order valence-corrected chi connectivity index (χ1v) is 4.26. The molecule has 0 aromatic rings. The van der Waals surface area contributed by atoms with Gasteiger partial charge in [0.2, 0.25) is 0 Å². The fraction of sp³-hybridized carbons (Fsp3) is 0.778. The first-order valence-electron chi connectivity index (χ1n) is 4.26. The summed E-state index contributed by atoms with van der Waals surface area (Å²) in [5.41, 5.74) is 0.833. The summed E-state index contributed by atoms with van der Waals surface area (Å²) >= 11 is 0. The van der Waals surface area contributed by atoms with Gasteiger partial charge in [-0.1, -0.05) is 6.08 Å². The standard InChI is InChI=1S/C9H14NO/c1-10(2)8-4-3-5-9(8,10)7-11-6-8/h3-4H,5-7H2,1-2H3/q+1. The Kier molecular flexibility index (Phi) is 0.730. The SMILES string of the molecule is C[N+]1(C)C23C=CCC21COC3. The lowest BCUT2D eigenvalue weighted by Crippen LogP contribution is -2.35. The Balaban J connectivity index is 2.17. The number of ether oxygens (including phenoxy) is 1. The van der Waals surface area contributed by atoms with Crippen LogP contribution in [0.15, 0.2) is 12.2 Å². The van der Waals surface area contributed by atoms with Crippen LogP contribution in [0.25, 0.3) is 0 Å². The van der Waals surface area contributed by atoms with Gasteiger partial charge >= 0.3 is 0 Å². The third-order valence-corrected chi connectivity index (χ3v) is 4.34. The second-order valence-electron chi connectivity index (χ2n) is 4.51. The monoisotopic (exact) mass is 152 g/mol. The van der Waals surface area contributed by atoms with Crippen LogP contribution in [0, 0.1) is 0 Å². The lowest BCUT2D eigenvalue weighted by Gasteiger charge is -2.21. The third kappa shape index (κ3) is 0.343. The molecule has 1 aliphatic carbocycles. The van der Waals surface area contributed by atoms with E-state index in [0.717, 1.165) is 17.7 Å². The maximum atomic E-state index is 5.52. The lowest BCUT2D eigenvalue weighted by molar-refractivity contribution is -0.817. The van der Waals surface area contributed by atoms with Gasteiger partial charge in [0.25, 0.3) is 0 Å². The van der Waals surface area contributed by atoms with E-state index in [1.54, 1.807) is 0 Å². The van der Waals surface area contributed by atoms with Crippen LogP contribution in [-0.4, -0.2) is 42.9 Å². The van der Waals surface area contributed by atoms with E-state index in [0.29, 0.717) is 11.1 Å². The average molecular weight is 152 g/mol. The highest BCUT2D eigenvalue weighted by Crippen LogP contribution is 2.66. The highest BCUT2D eigenvalue weighted by atomic mass is 16.5. The molecule has 2 heterocycles. The first-order chi connectivity index (χ1) is 5.16. The molecule has 0 aromatic heterocycles. The van der Waals surface area contributed by atoms with Gasteiger partial charge in [0.15, 0.2) is 11.1 Å². The minimum Gasteiger partial charge on any atom is -0.367 e. The van der Waals surface area contributed by atoms with Crippen LogP contribution in [-0.2, 0) is 4.74 Å². The number of hydrogen-bond acceptors (Lipinski definition) is 1. The van der Waals surface area contributed by atoms with Gasteiger partial charge in [-0.05, 0) is 6.08 Å². The average Bonchev–Trinajstić information content (AvgIpc) is 2.32. The summed E-state index contributed by atoms with van der Waals surface area (Å²) in [6, 6.07) is 0. The summed E-state index contributed by atoms with van der Waals surface area (Å²) in [7, 11) is 4.65. The molecule has 0 saturated carbocycles. The fourth-order valence-corrected chi connectivity index (χ4v) is 3.32. The van der Waals surface area contributed by atoms with Crippen molar-refractivity contribution in [1.29, 1.82) is 0 Å². The summed E-state index contributed by atoms with van der Waals surface area (Å²) in [6.45, 7) is 1.91. The van der Waals surface area contributed by atoms with Crippen molar-refractivity contribution in [3.8, 4) is 0 Å². The van der Waals surface area contributed by atoms with E-state index in [4.69, 9.17) is 4.74 Å². The van der Waals surface area contributed by atoms with Gasteiger partial charge in [0.1, 0.15) is 13.2 Å². The van der Waals surface area contributed by atoms with Gasteiger partial charge in [-0.3, -0.25) is 0 Å². The largest absolute Gasteiger partial charge is 0.367 e. The molecule has 11 heavy (non-hydrogen) atoms. The Hall–Kier alpha value is -0.340. The molecular weight excluding hydrogens is 138 g/mol. The van der Waals surface area contributed by atoms with Crippen molar-refractivity contribution in [3.63, 3.8) is 0 Å². The quantitative estimate of drug-likeness (QED) is 0.280. The highest BCUT2D eigenvalue weighted by Gasteiger charge is 2.89. The zero-order valence-corrected chi connectivity index (χ0v) is 7.13. The molecule has 2 aliphatic heterocycles. The van der Waals surface area contributed by atoms with Crippen molar-refractivity contribution in [3.05, 3.63) is 12.2 Å². The van der Waals surface area contributed by atoms with E-state index in [1.165, 1.54) is 6.42 Å². The van der Waals surface area contributed by atoms with E-state index in [9.17, 15) is 0 Å². The number of nitrogens with zero attached hydrogens (tertiary/aromatic N) is 1. The van der Waals surface area contributed by atoms with Crippen LogP contribution >= 0.6 is 0 Å². The van der Waals surface area contributed by atoms with E-state index >= 15 is 0 Å². The van der Waals surface area contributed by atoms with Gasteiger partial charge in [0, 0.05) is 6.42 Å². The lowest BCUT2D eigenvalue weighted by atomic mass is 10.0. The number of hydrogen-bond donors (Lipinski definition) is 0. The number of quaternary nitrogens is 1. The smallest absolute Gasteiger partial charge is 0.199 e. The highest BCUT2D eigenvalue weighted by molar-refractivity contribution is 5.35. The van der Waals surface area contributed by atoms with Crippen molar-refractivity contribution in [2.24, 2.45) is 0 Å². The maximum absolute atomic E-state index is 5.52. The minimum absolute atomic E-state index is 0.382. The molecule has 3 rings (SSSR count). The van der Waals surface area contributed by atoms with Crippen molar-refractivity contribution < 1.29 is 9.22 Å². The predicted molar refractivity (Wildman–Crippen MR) is 42.1 cm³/mol. The molecule has 0 amide bonds. The van der Waals surface area contributed by atoms with Crippen LogP contribution in [0.2, 0.25) is 0 Å². The molecule has 0 N–H and O–H groups in total. The van der Waals surface area contributed by atoms with Crippen LogP contribution in [0.1, 0.15) is 6.42 Å². The number of likely N-dealkylation sites (N-methyl/N-ethyl adjacent to an activating group) is 1. The maximum Gasteiger partial charge on any atom is 0.199 e. The van der Waals surface area contributed by atoms with E-state index < -0.39 is 0 Å². The van der Waals surface area contributed by atoms with Gasteiger partial charge < -0.3 is 9.22 Å². The van der Waals surface area contributed by atoms with E-state index in [2.05, 4.69) is 26.2 Å². The Morgan fingerprint density at radius 2 is 2.18 bits per heavy atom. The van der Waals surface area contributed by atoms with Crippen LogP contribution in [0.3, 0.4) is 0 Å². The molecule has 0 spiro atoms. The Bertz CT molecular complexity index is 258. The third-order valence-electron chi connectivity index (χ3n) is 4.34. The van der Waals surface area contributed by atoms with Gasteiger partial charge in [-0.25, -0.2) is 0 Å². The summed E-state index contributed by atoms with van der Waals surface area (Å²) in [4.78, 5) is 0. The molecule has 0 aromatic carbocycles. The minimum atomic E-state index is 0.382. The van der Waals surface area contributed by atoms with Crippen LogP contribution < -0.4 is 0 Å². The predicted octanol–water partition coefficient (Wildman–Crippen LogP) is 0.544. The Labute approximate surface area is 67.0 Å². The number of rotatable bonds is 0. The fourth-order valence-electron chi connectivity index (χ4n) is 3.32. The number of morpholine rings is 1. The van der Waals surface area contributed by atoms with Crippen LogP contribution in [0.4, 0.5) is 0 Å². The molecule has 2 fully saturated rings. The normalized spacial score (nSPS) is 55.8. The molecule has 2 saturated heterocycles. The molecule has 2 nitrogen and oxygen atoms in total. The van der Waals surface area contributed by atoms with Gasteiger partial charge in [-0.15, -0.1) is 0 Å². The van der Waals surface area contributed by atoms with Crippen molar-refractivity contribution in [2.75, 3.05) is 27.3 Å². The van der Waals surface area contributed by atoms with Crippen molar-refractivity contribution in [2.45, 2.75) is 17.5 Å². The van der Waals surface area contributed by atoms with E-state index in [1.807, 2.05) is 0 Å². The van der Waals surface area contributed by atoms with Gasteiger partial charge in [-0.2, -0.15) is 0 Å². The molecule has 2 atom stereocenters. The summed E-state index contributed by atoms with van der Waals surface area (Å²) in [5, 5.41) is 0. The summed E-state index contributed by atoms with van der Waals surface area (Å²) in [6.07, 6.45) is 5.92.